The molecule has 3 rings (SSSR count). The fraction of sp³-hybridized carbons (Fsp3) is 0.235. The largest absolute Gasteiger partial charge is 0.366 e. The number of halogens is 1. The number of nitrogens with zero attached hydrogens (tertiary/aromatic N) is 3. The van der Waals surface area contributed by atoms with Gasteiger partial charge in [0.05, 0.1) is 9.82 Å². The fourth-order valence-electron chi connectivity index (χ4n) is 3.02. The number of piperazine rings is 1. The summed E-state index contributed by atoms with van der Waals surface area (Å²) in [6.07, 6.45) is 0. The Kier molecular flexibility index (Phi) is 5.29. The van der Waals surface area contributed by atoms with E-state index in [0.29, 0.717) is 0 Å². The van der Waals surface area contributed by atoms with Crippen LogP contribution in [-0.4, -0.2) is 49.7 Å². The Balaban J connectivity index is 1.79. The number of amides is 1. The highest BCUT2D eigenvalue weighted by Gasteiger charge is 2.31. The molecule has 1 heterocycles. The molecule has 0 radical (unpaired) electrons. The van der Waals surface area contributed by atoms with Crippen LogP contribution < -0.4 is 10.6 Å². The molecule has 11 heteroatoms. The lowest BCUT2D eigenvalue weighted by Gasteiger charge is -2.35. The summed E-state index contributed by atoms with van der Waals surface area (Å²) in [4.78, 5) is 23.7. The van der Waals surface area contributed by atoms with Crippen LogP contribution in [0.1, 0.15) is 10.4 Å². The van der Waals surface area contributed by atoms with Gasteiger partial charge in [0.25, 0.3) is 5.69 Å². The first-order valence-electron chi connectivity index (χ1n) is 8.29. The van der Waals surface area contributed by atoms with E-state index in [0.717, 1.165) is 18.2 Å². The summed E-state index contributed by atoms with van der Waals surface area (Å²) < 4.78 is 39.6. The standard InChI is InChI=1S/C17H17FN4O5S/c18-13-2-4-14(5-3-13)28(26,27)21-9-7-20(8-10-21)15-6-1-12(17(19)23)11-16(15)22(24)25/h1-6,11H,7-10H2,(H2,19,23). The van der Waals surface area contributed by atoms with E-state index >= 15 is 0 Å². The average molecular weight is 408 g/mol. The molecule has 148 valence electrons. The molecule has 1 amide bonds. The topological polar surface area (TPSA) is 127 Å². The third kappa shape index (κ3) is 3.80. The zero-order valence-corrected chi connectivity index (χ0v) is 15.4. The van der Waals surface area contributed by atoms with Crippen molar-refractivity contribution in [3.05, 3.63) is 64.0 Å². The van der Waals surface area contributed by atoms with Gasteiger partial charge in [-0.05, 0) is 36.4 Å². The Bertz CT molecular complexity index is 1020. The minimum atomic E-state index is -3.78. The molecule has 28 heavy (non-hydrogen) atoms. The molecule has 0 atom stereocenters. The van der Waals surface area contributed by atoms with Crippen molar-refractivity contribution in [3.63, 3.8) is 0 Å². The van der Waals surface area contributed by atoms with E-state index in [9.17, 15) is 27.7 Å². The molecule has 0 saturated carbocycles. The van der Waals surface area contributed by atoms with E-state index in [4.69, 9.17) is 5.73 Å². The number of nitro benzene ring substituents is 1. The van der Waals surface area contributed by atoms with Crippen LogP contribution >= 0.6 is 0 Å². The molecule has 0 aliphatic carbocycles. The number of anilines is 1. The average Bonchev–Trinajstić information content (AvgIpc) is 2.68. The lowest BCUT2D eigenvalue weighted by Crippen LogP contribution is -2.48. The Morgan fingerprint density at radius 2 is 1.68 bits per heavy atom. The second-order valence-corrected chi connectivity index (χ2v) is 8.11. The highest BCUT2D eigenvalue weighted by atomic mass is 32.2. The van der Waals surface area contributed by atoms with Crippen molar-refractivity contribution in [2.24, 2.45) is 5.73 Å². The lowest BCUT2D eigenvalue weighted by atomic mass is 10.1. The first kappa shape index (κ1) is 19.7. The second kappa shape index (κ2) is 7.52. The summed E-state index contributed by atoms with van der Waals surface area (Å²) in [5.41, 5.74) is 5.21. The SMILES string of the molecule is NC(=O)c1ccc(N2CCN(S(=O)(=O)c3ccc(F)cc3)CC2)c([N+](=O)[O-])c1. The Morgan fingerprint density at radius 3 is 2.21 bits per heavy atom. The smallest absolute Gasteiger partial charge is 0.293 e. The van der Waals surface area contributed by atoms with E-state index in [1.54, 1.807) is 4.90 Å². The first-order chi connectivity index (χ1) is 13.2. The molecule has 0 aromatic heterocycles. The molecular formula is C17H17FN4O5S. The number of carbonyl (C=O) groups is 1. The van der Waals surface area contributed by atoms with Crippen molar-refractivity contribution in [1.82, 2.24) is 4.31 Å². The molecule has 1 saturated heterocycles. The number of carbonyl (C=O) groups excluding carboxylic acids is 1. The molecule has 0 bridgehead atoms. The highest BCUT2D eigenvalue weighted by molar-refractivity contribution is 7.89. The quantitative estimate of drug-likeness (QED) is 0.588. The first-order valence-corrected chi connectivity index (χ1v) is 9.73. The predicted octanol–water partition coefficient (Wildman–Crippen LogP) is 1.34. The van der Waals surface area contributed by atoms with Gasteiger partial charge in [-0.2, -0.15) is 4.31 Å². The zero-order valence-electron chi connectivity index (χ0n) is 14.6. The number of sulfonamides is 1. The van der Waals surface area contributed by atoms with Crippen LogP contribution in [0.25, 0.3) is 0 Å². The van der Waals surface area contributed by atoms with Crippen molar-refractivity contribution in [2.75, 3.05) is 31.1 Å². The van der Waals surface area contributed by atoms with E-state index in [2.05, 4.69) is 0 Å². The van der Waals surface area contributed by atoms with Crippen LogP contribution in [0.5, 0.6) is 0 Å². The number of hydrogen-bond acceptors (Lipinski definition) is 6. The van der Waals surface area contributed by atoms with Crippen molar-refractivity contribution in [1.29, 1.82) is 0 Å². The summed E-state index contributed by atoms with van der Waals surface area (Å²) in [5, 5.41) is 11.4. The van der Waals surface area contributed by atoms with Crippen LogP contribution in [0.15, 0.2) is 47.4 Å². The van der Waals surface area contributed by atoms with Crippen LogP contribution in [0.4, 0.5) is 15.8 Å². The van der Waals surface area contributed by atoms with E-state index in [1.165, 1.54) is 28.6 Å². The molecule has 0 spiro atoms. The van der Waals surface area contributed by atoms with Gasteiger partial charge in [0, 0.05) is 37.8 Å². The molecule has 2 aromatic rings. The molecule has 0 unspecified atom stereocenters. The fourth-order valence-corrected chi connectivity index (χ4v) is 4.44. The van der Waals surface area contributed by atoms with Gasteiger partial charge < -0.3 is 10.6 Å². The third-order valence-corrected chi connectivity index (χ3v) is 6.40. The van der Waals surface area contributed by atoms with Crippen LogP contribution in [0.3, 0.4) is 0 Å². The van der Waals surface area contributed by atoms with Gasteiger partial charge in [0.2, 0.25) is 15.9 Å². The number of rotatable bonds is 5. The van der Waals surface area contributed by atoms with Gasteiger partial charge >= 0.3 is 0 Å². The van der Waals surface area contributed by atoms with Crippen molar-refractivity contribution in [2.45, 2.75) is 4.90 Å². The Morgan fingerprint density at radius 1 is 1.07 bits per heavy atom. The van der Waals surface area contributed by atoms with Gasteiger partial charge in [0.15, 0.2) is 0 Å². The van der Waals surface area contributed by atoms with Gasteiger partial charge in [-0.1, -0.05) is 0 Å². The molecule has 9 nitrogen and oxygen atoms in total. The van der Waals surface area contributed by atoms with Crippen LogP contribution in [0, 0.1) is 15.9 Å². The minimum Gasteiger partial charge on any atom is -0.366 e. The van der Waals surface area contributed by atoms with Gasteiger partial charge in [-0.3, -0.25) is 14.9 Å². The monoisotopic (exact) mass is 408 g/mol. The zero-order chi connectivity index (χ0) is 20.5. The summed E-state index contributed by atoms with van der Waals surface area (Å²) in [6.45, 7) is 0.650. The highest BCUT2D eigenvalue weighted by Crippen LogP contribution is 2.30. The van der Waals surface area contributed by atoms with E-state index in [1.807, 2.05) is 0 Å². The number of benzene rings is 2. The maximum Gasteiger partial charge on any atom is 0.293 e. The third-order valence-electron chi connectivity index (χ3n) is 4.49. The van der Waals surface area contributed by atoms with Crippen molar-refractivity contribution >= 4 is 27.3 Å². The molecule has 1 aliphatic rings. The maximum atomic E-state index is 13.0. The molecule has 1 fully saturated rings. The summed E-state index contributed by atoms with van der Waals surface area (Å²) in [7, 11) is -3.78. The van der Waals surface area contributed by atoms with Gasteiger partial charge in [0.1, 0.15) is 11.5 Å². The number of hydrogen-bond donors (Lipinski definition) is 1. The number of nitro groups is 1. The van der Waals surface area contributed by atoms with Crippen molar-refractivity contribution in [3.8, 4) is 0 Å². The molecule has 2 N–H and O–H groups in total. The van der Waals surface area contributed by atoms with E-state index in [-0.39, 0.29) is 48.0 Å². The number of nitrogens with two attached hydrogens (primary N) is 1. The van der Waals surface area contributed by atoms with Crippen LogP contribution in [0.2, 0.25) is 0 Å². The summed E-state index contributed by atoms with van der Waals surface area (Å²) >= 11 is 0. The van der Waals surface area contributed by atoms with Gasteiger partial charge in [-0.25, -0.2) is 12.8 Å². The van der Waals surface area contributed by atoms with E-state index < -0.39 is 26.7 Å². The number of primary amides is 1. The minimum absolute atomic E-state index is 0.0147. The normalized spacial score (nSPS) is 15.4. The molecular weight excluding hydrogens is 391 g/mol. The second-order valence-electron chi connectivity index (χ2n) is 6.17. The van der Waals surface area contributed by atoms with Crippen molar-refractivity contribution < 1.29 is 22.5 Å². The molecule has 2 aromatic carbocycles. The molecule has 1 aliphatic heterocycles. The van der Waals surface area contributed by atoms with Crippen LogP contribution in [-0.2, 0) is 10.0 Å². The predicted molar refractivity (Wildman–Crippen MR) is 99.0 cm³/mol. The summed E-state index contributed by atoms with van der Waals surface area (Å²) in [5.74, 6) is -1.31. The maximum absolute atomic E-state index is 13.0. The Hall–Kier alpha value is -3.05. The summed E-state index contributed by atoms with van der Waals surface area (Å²) in [6, 6.07) is 8.49. The lowest BCUT2D eigenvalue weighted by molar-refractivity contribution is -0.384. The Labute approximate surface area is 160 Å². The van der Waals surface area contributed by atoms with Gasteiger partial charge in [-0.15, -0.1) is 0 Å².